The maximum absolute atomic E-state index is 11.0. The summed E-state index contributed by atoms with van der Waals surface area (Å²) < 4.78 is 11.4. The third kappa shape index (κ3) is 3.93. The van der Waals surface area contributed by atoms with E-state index >= 15 is 0 Å². The molecule has 0 spiro atoms. The van der Waals surface area contributed by atoms with Crippen molar-refractivity contribution in [1.82, 2.24) is 0 Å². The Morgan fingerprint density at radius 3 is 2.55 bits per heavy atom. The number of ether oxygens (including phenoxy) is 2. The maximum Gasteiger partial charge on any atom is 0.306 e. The van der Waals surface area contributed by atoms with Crippen LogP contribution in [0, 0.1) is 11.8 Å². The molecule has 1 aliphatic carbocycles. The van der Waals surface area contributed by atoms with Gasteiger partial charge in [-0.05, 0) is 63.1 Å². The summed E-state index contributed by atoms with van der Waals surface area (Å²) >= 11 is 0. The van der Waals surface area contributed by atoms with Gasteiger partial charge in [0.25, 0.3) is 0 Å². The first kappa shape index (κ1) is 16.7. The molecular weight excluding hydrogens is 280 g/mol. The van der Waals surface area contributed by atoms with Crippen molar-refractivity contribution in [3.63, 3.8) is 0 Å². The van der Waals surface area contributed by atoms with Gasteiger partial charge in [0, 0.05) is 5.56 Å². The Bertz CT molecular complexity index is 512. The highest BCUT2D eigenvalue weighted by atomic mass is 16.5. The van der Waals surface area contributed by atoms with Crippen molar-refractivity contribution in [3.8, 4) is 11.5 Å². The molecule has 3 unspecified atom stereocenters. The van der Waals surface area contributed by atoms with Crippen molar-refractivity contribution in [2.75, 3.05) is 13.2 Å². The minimum Gasteiger partial charge on any atom is -0.494 e. The van der Waals surface area contributed by atoms with Gasteiger partial charge < -0.3 is 14.6 Å². The molecule has 1 aliphatic rings. The van der Waals surface area contributed by atoms with E-state index in [9.17, 15) is 4.79 Å². The predicted octanol–water partition coefficient (Wildman–Crippen LogP) is 4.09. The quantitative estimate of drug-likeness (QED) is 0.746. The minimum atomic E-state index is -0.659. The first-order valence-corrected chi connectivity index (χ1v) is 8.22. The van der Waals surface area contributed by atoms with Crippen LogP contribution >= 0.6 is 0 Å². The van der Waals surface area contributed by atoms with Crippen LogP contribution in [0.15, 0.2) is 18.2 Å². The molecule has 1 fully saturated rings. The molecule has 1 aromatic rings. The summed E-state index contributed by atoms with van der Waals surface area (Å²) in [6.45, 7) is 7.34. The summed E-state index contributed by atoms with van der Waals surface area (Å²) in [4.78, 5) is 11.0. The second-order valence-electron chi connectivity index (χ2n) is 5.85. The van der Waals surface area contributed by atoms with Crippen molar-refractivity contribution in [2.24, 2.45) is 11.8 Å². The monoisotopic (exact) mass is 306 g/mol. The van der Waals surface area contributed by atoms with E-state index in [-0.39, 0.29) is 5.92 Å². The van der Waals surface area contributed by atoms with Crippen LogP contribution in [-0.4, -0.2) is 24.3 Å². The number of hydrogen-bond acceptors (Lipinski definition) is 3. The zero-order chi connectivity index (χ0) is 16.1. The molecule has 22 heavy (non-hydrogen) atoms. The summed E-state index contributed by atoms with van der Waals surface area (Å²) in [5, 5.41) is 9.09. The molecule has 1 aromatic carbocycles. The van der Waals surface area contributed by atoms with E-state index in [1.165, 1.54) is 0 Å². The second kappa shape index (κ2) is 7.52. The van der Waals surface area contributed by atoms with Gasteiger partial charge in [-0.15, -0.1) is 0 Å². The van der Waals surface area contributed by atoms with Gasteiger partial charge in [0.05, 0.1) is 19.1 Å². The molecule has 2 rings (SSSR count). The lowest BCUT2D eigenvalue weighted by Gasteiger charge is -2.20. The number of carboxylic acid groups (broad SMARTS) is 1. The number of carbonyl (C=O) groups is 1. The molecule has 0 radical (unpaired) electrons. The standard InChI is InChI=1S/C18H26O4/c1-4-12(9-13-10-16(13)18(19)20)15-11-14(21-5-2)7-8-17(15)22-6-3/h7-8,11-13,16H,4-6,9-10H2,1-3H3,(H,19,20). The van der Waals surface area contributed by atoms with Crippen LogP contribution in [0.5, 0.6) is 11.5 Å². The van der Waals surface area contributed by atoms with Crippen LogP contribution in [0.25, 0.3) is 0 Å². The Morgan fingerprint density at radius 1 is 1.27 bits per heavy atom. The molecule has 122 valence electrons. The molecule has 1 N–H and O–H groups in total. The van der Waals surface area contributed by atoms with Crippen molar-refractivity contribution >= 4 is 5.97 Å². The van der Waals surface area contributed by atoms with Gasteiger partial charge in [-0.2, -0.15) is 0 Å². The summed E-state index contributed by atoms with van der Waals surface area (Å²) in [6, 6.07) is 5.96. The van der Waals surface area contributed by atoms with E-state index in [1.807, 2.05) is 26.0 Å². The second-order valence-corrected chi connectivity index (χ2v) is 5.85. The van der Waals surface area contributed by atoms with Gasteiger partial charge >= 0.3 is 5.97 Å². The zero-order valence-corrected chi connectivity index (χ0v) is 13.7. The van der Waals surface area contributed by atoms with Crippen LogP contribution in [0.1, 0.15) is 51.5 Å². The Labute approximate surface area is 132 Å². The Morgan fingerprint density at radius 2 is 2.00 bits per heavy atom. The molecule has 0 saturated heterocycles. The summed E-state index contributed by atoms with van der Waals surface area (Å²) in [6.07, 6.45) is 2.68. The molecule has 3 atom stereocenters. The molecule has 0 amide bonds. The van der Waals surface area contributed by atoms with Gasteiger partial charge in [0.15, 0.2) is 0 Å². The van der Waals surface area contributed by atoms with E-state index < -0.39 is 5.97 Å². The van der Waals surface area contributed by atoms with E-state index in [2.05, 4.69) is 13.0 Å². The van der Waals surface area contributed by atoms with Gasteiger partial charge in [-0.25, -0.2) is 0 Å². The number of rotatable bonds is 9. The zero-order valence-electron chi connectivity index (χ0n) is 13.7. The third-order valence-corrected chi connectivity index (χ3v) is 4.35. The lowest BCUT2D eigenvalue weighted by Crippen LogP contribution is -2.07. The van der Waals surface area contributed by atoms with Gasteiger partial charge in [-0.3, -0.25) is 4.79 Å². The fourth-order valence-electron chi connectivity index (χ4n) is 3.08. The van der Waals surface area contributed by atoms with Crippen LogP contribution < -0.4 is 9.47 Å². The summed E-state index contributed by atoms with van der Waals surface area (Å²) in [5.74, 6) is 1.55. The molecule has 4 heteroatoms. The number of aliphatic carboxylic acids is 1. The van der Waals surface area contributed by atoms with Gasteiger partial charge in [0.2, 0.25) is 0 Å². The fraction of sp³-hybridized carbons (Fsp3) is 0.611. The Kier molecular flexibility index (Phi) is 5.69. The van der Waals surface area contributed by atoms with Gasteiger partial charge in [-0.1, -0.05) is 6.92 Å². The van der Waals surface area contributed by atoms with Crippen LogP contribution in [0.3, 0.4) is 0 Å². The lowest BCUT2D eigenvalue weighted by molar-refractivity contribution is -0.138. The predicted molar refractivity (Wildman–Crippen MR) is 85.7 cm³/mol. The Hall–Kier alpha value is -1.71. The molecule has 1 saturated carbocycles. The molecule has 0 heterocycles. The maximum atomic E-state index is 11.0. The number of benzene rings is 1. The third-order valence-electron chi connectivity index (χ3n) is 4.35. The SMILES string of the molecule is CCOc1ccc(OCC)c(C(CC)CC2CC2C(=O)O)c1. The van der Waals surface area contributed by atoms with E-state index in [0.29, 0.717) is 25.0 Å². The lowest BCUT2D eigenvalue weighted by atomic mass is 9.89. The first-order chi connectivity index (χ1) is 10.6. The molecular formula is C18H26O4. The topological polar surface area (TPSA) is 55.8 Å². The van der Waals surface area contributed by atoms with E-state index in [1.54, 1.807) is 0 Å². The van der Waals surface area contributed by atoms with E-state index in [4.69, 9.17) is 14.6 Å². The highest BCUT2D eigenvalue weighted by Gasteiger charge is 2.44. The largest absolute Gasteiger partial charge is 0.494 e. The molecule has 4 nitrogen and oxygen atoms in total. The summed E-state index contributed by atoms with van der Waals surface area (Å²) in [5.41, 5.74) is 1.14. The average Bonchev–Trinajstić information content (AvgIpc) is 3.26. The van der Waals surface area contributed by atoms with Crippen molar-refractivity contribution in [3.05, 3.63) is 23.8 Å². The normalized spacial score (nSPS) is 21.2. The average molecular weight is 306 g/mol. The molecule has 0 aliphatic heterocycles. The fourth-order valence-corrected chi connectivity index (χ4v) is 3.08. The van der Waals surface area contributed by atoms with Crippen molar-refractivity contribution in [2.45, 2.75) is 46.0 Å². The molecule has 0 bridgehead atoms. The van der Waals surface area contributed by atoms with Crippen molar-refractivity contribution in [1.29, 1.82) is 0 Å². The van der Waals surface area contributed by atoms with Crippen molar-refractivity contribution < 1.29 is 19.4 Å². The first-order valence-electron chi connectivity index (χ1n) is 8.22. The number of carboxylic acids is 1. The number of hydrogen-bond donors (Lipinski definition) is 1. The highest BCUT2D eigenvalue weighted by Crippen LogP contribution is 2.47. The van der Waals surface area contributed by atoms with Crippen LogP contribution in [-0.2, 0) is 4.79 Å². The highest BCUT2D eigenvalue weighted by molar-refractivity contribution is 5.73. The van der Waals surface area contributed by atoms with E-state index in [0.717, 1.165) is 36.3 Å². The molecule has 0 aromatic heterocycles. The summed E-state index contributed by atoms with van der Waals surface area (Å²) in [7, 11) is 0. The minimum absolute atomic E-state index is 0.153. The van der Waals surface area contributed by atoms with Gasteiger partial charge in [0.1, 0.15) is 11.5 Å². The smallest absolute Gasteiger partial charge is 0.306 e. The Balaban J connectivity index is 2.18. The van der Waals surface area contributed by atoms with Crippen LogP contribution in [0.2, 0.25) is 0 Å². The van der Waals surface area contributed by atoms with Crippen LogP contribution in [0.4, 0.5) is 0 Å².